The van der Waals surface area contributed by atoms with E-state index < -0.39 is 10.2 Å². The second kappa shape index (κ2) is 5.54. The molecular formula is C10H15N3O2S2. The predicted molar refractivity (Wildman–Crippen MR) is 71.8 cm³/mol. The summed E-state index contributed by atoms with van der Waals surface area (Å²) in [5, 5.41) is 0. The predicted octanol–water partition coefficient (Wildman–Crippen LogP) is 0.217. The van der Waals surface area contributed by atoms with Gasteiger partial charge < -0.3 is 5.73 Å². The zero-order chi connectivity index (χ0) is 13.1. The average Bonchev–Trinajstić information content (AvgIpc) is 2.29. The van der Waals surface area contributed by atoms with E-state index in [4.69, 9.17) is 18.0 Å². The van der Waals surface area contributed by atoms with Crippen molar-refractivity contribution in [2.45, 2.75) is 6.54 Å². The largest absolute Gasteiger partial charge is 0.389 e. The molecular weight excluding hydrogens is 258 g/mol. The summed E-state index contributed by atoms with van der Waals surface area (Å²) >= 11 is 4.87. The topological polar surface area (TPSA) is 75.4 Å². The molecule has 5 nitrogen and oxygen atoms in total. The van der Waals surface area contributed by atoms with E-state index in [0.717, 1.165) is 11.1 Å². The van der Waals surface area contributed by atoms with E-state index in [-0.39, 0.29) is 6.54 Å². The van der Waals surface area contributed by atoms with Crippen LogP contribution in [0.4, 0.5) is 0 Å². The van der Waals surface area contributed by atoms with Crippen LogP contribution in [0.3, 0.4) is 0 Å². The van der Waals surface area contributed by atoms with E-state index in [0.29, 0.717) is 4.99 Å². The molecule has 94 valence electrons. The van der Waals surface area contributed by atoms with Crippen molar-refractivity contribution in [3.05, 3.63) is 35.4 Å². The van der Waals surface area contributed by atoms with Crippen LogP contribution in [0.5, 0.6) is 0 Å². The van der Waals surface area contributed by atoms with Crippen molar-refractivity contribution in [2.75, 3.05) is 14.1 Å². The van der Waals surface area contributed by atoms with E-state index in [1.165, 1.54) is 18.4 Å². The Hall–Kier alpha value is -1.02. The number of nitrogens with one attached hydrogen (secondary N) is 1. The summed E-state index contributed by atoms with van der Waals surface area (Å²) in [6.07, 6.45) is 0. The van der Waals surface area contributed by atoms with Crippen molar-refractivity contribution < 1.29 is 8.42 Å². The molecule has 0 saturated carbocycles. The Morgan fingerprint density at radius 1 is 1.53 bits per heavy atom. The first-order chi connectivity index (χ1) is 7.86. The van der Waals surface area contributed by atoms with Gasteiger partial charge in [0.15, 0.2) is 0 Å². The van der Waals surface area contributed by atoms with E-state index in [1.807, 2.05) is 6.07 Å². The molecule has 1 rings (SSSR count). The van der Waals surface area contributed by atoms with E-state index in [1.54, 1.807) is 18.2 Å². The third-order valence-corrected chi connectivity index (χ3v) is 3.99. The molecule has 0 atom stereocenters. The van der Waals surface area contributed by atoms with Gasteiger partial charge in [0.05, 0.1) is 0 Å². The molecule has 1 aromatic carbocycles. The molecule has 0 bridgehead atoms. The minimum absolute atomic E-state index is 0.264. The number of hydrogen-bond donors (Lipinski definition) is 2. The molecule has 1 aromatic rings. The van der Waals surface area contributed by atoms with Gasteiger partial charge in [0.2, 0.25) is 0 Å². The third-order valence-electron chi connectivity index (χ3n) is 2.29. The molecule has 0 aliphatic rings. The maximum Gasteiger partial charge on any atom is 0.279 e. The van der Waals surface area contributed by atoms with Crippen LogP contribution in [-0.4, -0.2) is 31.8 Å². The highest BCUT2D eigenvalue weighted by Crippen LogP contribution is 2.09. The molecule has 0 aliphatic carbocycles. The highest BCUT2D eigenvalue weighted by Gasteiger charge is 2.15. The van der Waals surface area contributed by atoms with Crippen LogP contribution in [0.1, 0.15) is 11.1 Å². The number of benzene rings is 1. The number of rotatable bonds is 5. The first-order valence-electron chi connectivity index (χ1n) is 4.90. The number of nitrogens with zero attached hydrogens (tertiary/aromatic N) is 1. The van der Waals surface area contributed by atoms with Crippen LogP contribution in [0.2, 0.25) is 0 Å². The molecule has 0 fully saturated rings. The summed E-state index contributed by atoms with van der Waals surface area (Å²) in [5.74, 6) is 0. The highest BCUT2D eigenvalue weighted by atomic mass is 32.2. The maximum absolute atomic E-state index is 11.5. The first kappa shape index (κ1) is 14.0. The van der Waals surface area contributed by atoms with E-state index in [9.17, 15) is 8.42 Å². The van der Waals surface area contributed by atoms with Crippen LogP contribution >= 0.6 is 12.2 Å². The number of nitrogens with two attached hydrogens (primary N) is 1. The highest BCUT2D eigenvalue weighted by molar-refractivity contribution is 7.87. The summed E-state index contributed by atoms with van der Waals surface area (Å²) in [7, 11) is -0.539. The summed E-state index contributed by atoms with van der Waals surface area (Å²) in [4.78, 5) is 0.297. The molecule has 0 radical (unpaired) electrons. The minimum atomic E-state index is -3.41. The van der Waals surface area contributed by atoms with Crippen LogP contribution in [0.15, 0.2) is 24.3 Å². The van der Waals surface area contributed by atoms with Crippen LogP contribution in [0.25, 0.3) is 0 Å². The van der Waals surface area contributed by atoms with Crippen LogP contribution < -0.4 is 10.5 Å². The molecule has 0 unspecified atom stereocenters. The quantitative estimate of drug-likeness (QED) is 0.752. The molecule has 0 spiro atoms. The fourth-order valence-electron chi connectivity index (χ4n) is 1.32. The number of thiocarbonyl (C=S) groups is 1. The maximum atomic E-state index is 11.5. The van der Waals surface area contributed by atoms with Gasteiger partial charge in [0.1, 0.15) is 4.99 Å². The first-order valence-corrected chi connectivity index (χ1v) is 6.75. The molecule has 0 amide bonds. The van der Waals surface area contributed by atoms with Gasteiger partial charge >= 0.3 is 0 Å². The fourth-order valence-corrected chi connectivity index (χ4v) is 2.08. The zero-order valence-electron chi connectivity index (χ0n) is 9.67. The van der Waals surface area contributed by atoms with Gasteiger partial charge in [-0.3, -0.25) is 0 Å². The van der Waals surface area contributed by atoms with Crippen molar-refractivity contribution in [3.63, 3.8) is 0 Å². The van der Waals surface area contributed by atoms with Crippen molar-refractivity contribution in [1.82, 2.24) is 9.03 Å². The van der Waals surface area contributed by atoms with Gasteiger partial charge in [-0.2, -0.15) is 12.7 Å². The Labute approximate surface area is 107 Å². The van der Waals surface area contributed by atoms with Gasteiger partial charge in [-0.05, 0) is 11.6 Å². The van der Waals surface area contributed by atoms with Crippen LogP contribution in [-0.2, 0) is 16.8 Å². The van der Waals surface area contributed by atoms with Gasteiger partial charge in [-0.15, -0.1) is 0 Å². The zero-order valence-corrected chi connectivity index (χ0v) is 11.3. The molecule has 0 aliphatic heterocycles. The monoisotopic (exact) mass is 273 g/mol. The molecule has 17 heavy (non-hydrogen) atoms. The number of hydrogen-bond acceptors (Lipinski definition) is 3. The summed E-state index contributed by atoms with van der Waals surface area (Å²) < 4.78 is 26.4. The smallest absolute Gasteiger partial charge is 0.279 e. The fraction of sp³-hybridized carbons (Fsp3) is 0.300. The Balaban J connectivity index is 2.89. The normalized spacial score (nSPS) is 11.7. The van der Waals surface area contributed by atoms with E-state index in [2.05, 4.69) is 4.72 Å². The average molecular weight is 273 g/mol. The molecule has 7 heteroatoms. The Bertz CT molecular complexity index is 514. The van der Waals surface area contributed by atoms with Crippen molar-refractivity contribution >= 4 is 27.4 Å². The lowest BCUT2D eigenvalue weighted by atomic mass is 10.1. The lowest BCUT2D eigenvalue weighted by Gasteiger charge is -2.16. The summed E-state index contributed by atoms with van der Waals surface area (Å²) in [6, 6.07) is 7.19. The van der Waals surface area contributed by atoms with Gasteiger partial charge in [0, 0.05) is 26.2 Å². The Morgan fingerprint density at radius 3 is 2.71 bits per heavy atom. The van der Waals surface area contributed by atoms with Gasteiger partial charge in [0.25, 0.3) is 10.2 Å². The van der Waals surface area contributed by atoms with E-state index >= 15 is 0 Å². The Morgan fingerprint density at radius 2 is 2.18 bits per heavy atom. The van der Waals surface area contributed by atoms with Crippen LogP contribution in [0, 0.1) is 0 Å². The molecule has 0 aromatic heterocycles. The molecule has 0 heterocycles. The third kappa shape index (κ3) is 3.74. The van der Waals surface area contributed by atoms with Gasteiger partial charge in [-0.25, -0.2) is 4.72 Å². The summed E-state index contributed by atoms with van der Waals surface area (Å²) in [6.45, 7) is 0.264. The lowest BCUT2D eigenvalue weighted by Crippen LogP contribution is -2.35. The Kier molecular flexibility index (Phi) is 4.58. The standard InChI is InChI=1S/C10H15N3O2S2/c1-12-17(14,15)13(2)7-8-4-3-5-9(6-8)10(11)16/h3-6,12H,7H2,1-2H3,(H2,11,16). The SMILES string of the molecule is CNS(=O)(=O)N(C)Cc1cccc(C(N)=S)c1. The second-order valence-electron chi connectivity index (χ2n) is 3.53. The second-order valence-corrected chi connectivity index (χ2v) is 5.95. The van der Waals surface area contributed by atoms with Gasteiger partial charge in [-0.1, -0.05) is 30.4 Å². The molecule has 0 saturated heterocycles. The summed E-state index contributed by atoms with van der Waals surface area (Å²) in [5.41, 5.74) is 7.07. The van der Waals surface area contributed by atoms with Crippen molar-refractivity contribution in [3.8, 4) is 0 Å². The van der Waals surface area contributed by atoms with Crippen molar-refractivity contribution in [2.24, 2.45) is 5.73 Å². The molecule has 3 N–H and O–H groups in total. The minimum Gasteiger partial charge on any atom is -0.389 e. The van der Waals surface area contributed by atoms with Crippen molar-refractivity contribution in [1.29, 1.82) is 0 Å². The lowest BCUT2D eigenvalue weighted by molar-refractivity contribution is 0.459.